The van der Waals surface area contributed by atoms with Gasteiger partial charge in [0.05, 0.1) is 24.3 Å². The topological polar surface area (TPSA) is 58.6 Å². The Balaban J connectivity index is 1.75. The molecule has 2 aliphatic rings. The molecule has 32 heavy (non-hydrogen) atoms. The third-order valence-corrected chi connectivity index (χ3v) is 5.35. The Morgan fingerprint density at radius 2 is 1.72 bits per heavy atom. The van der Waals surface area contributed by atoms with Gasteiger partial charge in [0.2, 0.25) is 5.95 Å². The van der Waals surface area contributed by atoms with E-state index in [9.17, 15) is 31.1 Å². The number of anilines is 2. The molecule has 0 spiro atoms. The van der Waals surface area contributed by atoms with E-state index in [0.29, 0.717) is 18.4 Å². The summed E-state index contributed by atoms with van der Waals surface area (Å²) in [5, 5.41) is 0. The Hall–Kier alpha value is -2.89. The SMILES string of the molecule is O=C(c1cnc(N2CCCc3ccc(C(F)(F)F)cc32)nc1C(F)(F)F)N1CCOCC1. The van der Waals surface area contributed by atoms with Gasteiger partial charge in [0.1, 0.15) is 0 Å². The lowest BCUT2D eigenvalue weighted by molar-refractivity contribution is -0.141. The second-order valence-electron chi connectivity index (χ2n) is 7.43. The lowest BCUT2D eigenvalue weighted by Gasteiger charge is -2.31. The van der Waals surface area contributed by atoms with E-state index in [0.717, 1.165) is 18.3 Å². The molecule has 0 bridgehead atoms. The monoisotopic (exact) mass is 460 g/mol. The maximum Gasteiger partial charge on any atom is 0.434 e. The number of amides is 1. The molecule has 12 heteroatoms. The van der Waals surface area contributed by atoms with Gasteiger partial charge >= 0.3 is 12.4 Å². The third kappa shape index (κ3) is 4.36. The van der Waals surface area contributed by atoms with Crippen molar-refractivity contribution in [1.29, 1.82) is 0 Å². The smallest absolute Gasteiger partial charge is 0.378 e. The van der Waals surface area contributed by atoms with Crippen LogP contribution in [0.1, 0.15) is 33.6 Å². The molecule has 0 N–H and O–H groups in total. The number of halogens is 6. The fraction of sp³-hybridized carbons (Fsp3) is 0.450. The van der Waals surface area contributed by atoms with Crippen LogP contribution in [-0.2, 0) is 23.5 Å². The van der Waals surface area contributed by atoms with Gasteiger partial charge in [-0.2, -0.15) is 26.3 Å². The average molecular weight is 460 g/mol. The van der Waals surface area contributed by atoms with Gasteiger partial charge in [-0.25, -0.2) is 9.97 Å². The number of nitrogens with zero attached hydrogens (tertiary/aromatic N) is 4. The summed E-state index contributed by atoms with van der Waals surface area (Å²) in [6, 6.07) is 3.14. The van der Waals surface area contributed by atoms with Crippen LogP contribution >= 0.6 is 0 Å². The van der Waals surface area contributed by atoms with E-state index in [1.54, 1.807) is 0 Å². The van der Waals surface area contributed by atoms with Gasteiger partial charge in [-0.05, 0) is 30.5 Å². The molecular formula is C20H18F6N4O2. The van der Waals surface area contributed by atoms with Gasteiger partial charge in [-0.3, -0.25) is 4.79 Å². The van der Waals surface area contributed by atoms with Crippen molar-refractivity contribution in [2.24, 2.45) is 0 Å². The Morgan fingerprint density at radius 1 is 1.00 bits per heavy atom. The Labute approximate surface area is 178 Å². The summed E-state index contributed by atoms with van der Waals surface area (Å²) in [5.41, 5.74) is -2.39. The van der Waals surface area contributed by atoms with Crippen molar-refractivity contribution < 1.29 is 35.9 Å². The van der Waals surface area contributed by atoms with Crippen molar-refractivity contribution in [2.45, 2.75) is 25.2 Å². The van der Waals surface area contributed by atoms with Crippen LogP contribution in [0.3, 0.4) is 0 Å². The molecule has 2 aliphatic heterocycles. The number of rotatable bonds is 2. The molecule has 3 heterocycles. The van der Waals surface area contributed by atoms with E-state index in [4.69, 9.17) is 4.74 Å². The van der Waals surface area contributed by atoms with Crippen LogP contribution in [0.25, 0.3) is 0 Å². The summed E-state index contributed by atoms with van der Waals surface area (Å²) in [7, 11) is 0. The summed E-state index contributed by atoms with van der Waals surface area (Å²) >= 11 is 0. The molecular weight excluding hydrogens is 442 g/mol. The number of morpholine rings is 1. The summed E-state index contributed by atoms with van der Waals surface area (Å²) < 4.78 is 86.0. The predicted octanol–water partition coefficient (Wildman–Crippen LogP) is 4.07. The first-order valence-corrected chi connectivity index (χ1v) is 9.84. The molecule has 0 radical (unpaired) electrons. The molecule has 2 aromatic rings. The second-order valence-corrected chi connectivity index (χ2v) is 7.43. The van der Waals surface area contributed by atoms with E-state index >= 15 is 0 Å². The molecule has 1 saturated heterocycles. The molecule has 172 valence electrons. The number of aromatic nitrogens is 2. The highest BCUT2D eigenvalue weighted by Gasteiger charge is 2.40. The summed E-state index contributed by atoms with van der Waals surface area (Å²) in [6.07, 6.45) is -7.79. The molecule has 4 rings (SSSR count). The molecule has 0 aliphatic carbocycles. The number of benzene rings is 1. The van der Waals surface area contributed by atoms with Gasteiger partial charge in [0.15, 0.2) is 5.69 Å². The summed E-state index contributed by atoms with van der Waals surface area (Å²) in [5.74, 6) is -1.28. The quantitative estimate of drug-likeness (QED) is 0.633. The van der Waals surface area contributed by atoms with Crippen molar-refractivity contribution in [2.75, 3.05) is 37.7 Å². The second kappa shape index (κ2) is 8.23. The normalized spacial score (nSPS) is 17.3. The van der Waals surface area contributed by atoms with Gasteiger partial charge in [-0.1, -0.05) is 6.07 Å². The highest BCUT2D eigenvalue weighted by Crippen LogP contribution is 2.39. The first-order valence-electron chi connectivity index (χ1n) is 9.84. The largest absolute Gasteiger partial charge is 0.434 e. The fourth-order valence-corrected chi connectivity index (χ4v) is 3.77. The lowest BCUT2D eigenvalue weighted by Crippen LogP contribution is -2.41. The number of carbonyl (C=O) groups excluding carboxylic acids is 1. The van der Waals surface area contributed by atoms with Crippen molar-refractivity contribution in [3.8, 4) is 0 Å². The Bertz CT molecular complexity index is 1020. The number of hydrogen-bond acceptors (Lipinski definition) is 5. The summed E-state index contributed by atoms with van der Waals surface area (Å²) in [4.78, 5) is 22.7. The molecule has 1 aromatic carbocycles. The van der Waals surface area contributed by atoms with Gasteiger partial charge in [0.25, 0.3) is 5.91 Å². The van der Waals surface area contributed by atoms with E-state index in [1.165, 1.54) is 15.9 Å². The molecule has 1 aromatic heterocycles. The van der Waals surface area contributed by atoms with Gasteiger partial charge in [-0.15, -0.1) is 0 Å². The van der Waals surface area contributed by atoms with Gasteiger partial charge < -0.3 is 14.5 Å². The summed E-state index contributed by atoms with van der Waals surface area (Å²) in [6.45, 7) is 0.827. The molecule has 1 amide bonds. The van der Waals surface area contributed by atoms with Crippen molar-refractivity contribution in [3.63, 3.8) is 0 Å². The van der Waals surface area contributed by atoms with E-state index in [1.807, 2.05) is 0 Å². The van der Waals surface area contributed by atoms with Crippen molar-refractivity contribution in [1.82, 2.24) is 14.9 Å². The first-order chi connectivity index (χ1) is 15.1. The number of alkyl halides is 6. The maximum atomic E-state index is 13.8. The van der Waals surface area contributed by atoms with Crippen molar-refractivity contribution in [3.05, 3.63) is 46.8 Å². The maximum absolute atomic E-state index is 13.8. The zero-order chi connectivity index (χ0) is 23.1. The van der Waals surface area contributed by atoms with Crippen LogP contribution in [0.2, 0.25) is 0 Å². The zero-order valence-corrected chi connectivity index (χ0v) is 16.6. The fourth-order valence-electron chi connectivity index (χ4n) is 3.77. The minimum atomic E-state index is -4.96. The molecule has 0 saturated carbocycles. The highest BCUT2D eigenvalue weighted by molar-refractivity contribution is 5.95. The Kier molecular flexibility index (Phi) is 5.74. The van der Waals surface area contributed by atoms with Crippen LogP contribution < -0.4 is 4.90 Å². The molecule has 6 nitrogen and oxygen atoms in total. The Morgan fingerprint density at radius 3 is 2.38 bits per heavy atom. The third-order valence-electron chi connectivity index (χ3n) is 5.35. The first kappa shape index (κ1) is 22.3. The van der Waals surface area contributed by atoms with Crippen molar-refractivity contribution >= 4 is 17.5 Å². The lowest BCUT2D eigenvalue weighted by atomic mass is 9.99. The number of hydrogen-bond donors (Lipinski definition) is 0. The number of fused-ring (bicyclic) bond motifs is 1. The molecule has 0 unspecified atom stereocenters. The number of ether oxygens (including phenoxy) is 1. The minimum Gasteiger partial charge on any atom is -0.378 e. The van der Waals surface area contributed by atoms with E-state index in [-0.39, 0.29) is 38.5 Å². The molecule has 0 atom stereocenters. The minimum absolute atomic E-state index is 0.103. The van der Waals surface area contributed by atoms with Crippen LogP contribution in [0.15, 0.2) is 24.4 Å². The number of carbonyl (C=O) groups is 1. The predicted molar refractivity (Wildman–Crippen MR) is 101 cm³/mol. The van der Waals surface area contributed by atoms with Crippen LogP contribution in [-0.4, -0.2) is 53.6 Å². The van der Waals surface area contributed by atoms with E-state index < -0.39 is 41.0 Å². The van der Waals surface area contributed by atoms with Crippen LogP contribution in [0.4, 0.5) is 38.0 Å². The standard InChI is InChI=1S/C20H18F6N4O2/c21-19(22,23)13-4-3-12-2-1-5-30(15(12)10-13)18-27-11-14(16(28-18)20(24,25)26)17(31)29-6-8-32-9-7-29/h3-4,10-11H,1-2,5-9H2. The average Bonchev–Trinajstić information content (AvgIpc) is 2.77. The van der Waals surface area contributed by atoms with Crippen LogP contribution in [0, 0.1) is 0 Å². The van der Waals surface area contributed by atoms with E-state index in [2.05, 4.69) is 9.97 Å². The van der Waals surface area contributed by atoms with Gasteiger partial charge in [0, 0.05) is 31.5 Å². The zero-order valence-electron chi connectivity index (χ0n) is 16.6. The molecule has 1 fully saturated rings. The number of aryl methyl sites for hydroxylation is 1. The van der Waals surface area contributed by atoms with Crippen LogP contribution in [0.5, 0.6) is 0 Å². The highest BCUT2D eigenvalue weighted by atomic mass is 19.4.